The van der Waals surface area contributed by atoms with Gasteiger partial charge in [-0.1, -0.05) is 0 Å². The molecule has 0 saturated heterocycles. The van der Waals surface area contributed by atoms with E-state index >= 15 is 0 Å². The zero-order chi connectivity index (χ0) is 16.8. The van der Waals surface area contributed by atoms with Crippen LogP contribution in [0.2, 0.25) is 0 Å². The van der Waals surface area contributed by atoms with E-state index in [1.54, 1.807) is 7.11 Å². The Morgan fingerprint density at radius 1 is 1.09 bits per heavy atom. The van der Waals surface area contributed by atoms with Crippen molar-refractivity contribution in [2.75, 3.05) is 13.7 Å². The molecular formula is C17H17I2NO3. The highest BCUT2D eigenvalue weighted by atomic mass is 127. The highest BCUT2D eigenvalue weighted by Gasteiger charge is 2.10. The maximum atomic E-state index is 10.9. The second kappa shape index (κ2) is 8.72. The van der Waals surface area contributed by atoms with Crippen molar-refractivity contribution in [2.24, 2.45) is 0 Å². The van der Waals surface area contributed by atoms with Crippen molar-refractivity contribution in [3.63, 3.8) is 0 Å². The summed E-state index contributed by atoms with van der Waals surface area (Å²) < 4.78 is 13.2. The van der Waals surface area contributed by atoms with Gasteiger partial charge in [0.25, 0.3) is 0 Å². The van der Waals surface area contributed by atoms with E-state index in [4.69, 9.17) is 9.47 Å². The second-order valence-electron chi connectivity index (χ2n) is 4.90. The van der Waals surface area contributed by atoms with Crippen LogP contribution in [0.25, 0.3) is 0 Å². The van der Waals surface area contributed by atoms with Crippen molar-refractivity contribution in [3.8, 4) is 17.2 Å². The Balaban J connectivity index is 2.11. The number of halogens is 2. The zero-order valence-corrected chi connectivity index (χ0v) is 17.2. The lowest BCUT2D eigenvalue weighted by atomic mass is 10.1. The SMILES string of the molecule is COc1ccc(Oc2c(I)cc(CCNC(C)=O)cc2I)cc1. The third-order valence-corrected chi connectivity index (χ3v) is 4.73. The number of rotatable bonds is 6. The highest BCUT2D eigenvalue weighted by Crippen LogP contribution is 2.33. The molecule has 4 nitrogen and oxygen atoms in total. The molecule has 0 heterocycles. The normalized spacial score (nSPS) is 10.3. The van der Waals surface area contributed by atoms with Gasteiger partial charge >= 0.3 is 0 Å². The molecular weight excluding hydrogens is 520 g/mol. The summed E-state index contributed by atoms with van der Waals surface area (Å²) in [4.78, 5) is 10.9. The molecule has 0 aliphatic rings. The molecule has 0 fully saturated rings. The van der Waals surface area contributed by atoms with E-state index in [0.717, 1.165) is 30.8 Å². The Hall–Kier alpha value is -1.03. The minimum atomic E-state index is -0.00569. The summed E-state index contributed by atoms with van der Waals surface area (Å²) >= 11 is 4.55. The Morgan fingerprint density at radius 2 is 1.65 bits per heavy atom. The molecule has 2 rings (SSSR count). The molecule has 0 bridgehead atoms. The van der Waals surface area contributed by atoms with Gasteiger partial charge in [-0.2, -0.15) is 0 Å². The van der Waals surface area contributed by atoms with Gasteiger partial charge in [0.1, 0.15) is 11.5 Å². The predicted molar refractivity (Wildman–Crippen MR) is 107 cm³/mol. The first-order chi connectivity index (χ1) is 11.0. The van der Waals surface area contributed by atoms with Crippen LogP contribution in [0.1, 0.15) is 12.5 Å². The Kier molecular flexibility index (Phi) is 6.94. The van der Waals surface area contributed by atoms with Gasteiger partial charge in [0.2, 0.25) is 5.91 Å². The fourth-order valence-electron chi connectivity index (χ4n) is 2.00. The number of amides is 1. The number of carbonyl (C=O) groups excluding carboxylic acids is 1. The molecule has 0 spiro atoms. The summed E-state index contributed by atoms with van der Waals surface area (Å²) in [7, 11) is 1.64. The zero-order valence-electron chi connectivity index (χ0n) is 12.9. The van der Waals surface area contributed by atoms with Crippen LogP contribution in [0.4, 0.5) is 0 Å². The number of ether oxygens (including phenoxy) is 2. The number of hydrogen-bond donors (Lipinski definition) is 1. The fraction of sp³-hybridized carbons (Fsp3) is 0.235. The van der Waals surface area contributed by atoms with Gasteiger partial charge in [-0.3, -0.25) is 4.79 Å². The first kappa shape index (κ1) is 18.3. The molecule has 6 heteroatoms. The Bertz CT molecular complexity index is 664. The number of benzene rings is 2. The van der Waals surface area contributed by atoms with E-state index in [2.05, 4.69) is 62.6 Å². The van der Waals surface area contributed by atoms with E-state index in [9.17, 15) is 4.79 Å². The topological polar surface area (TPSA) is 47.6 Å². The molecule has 1 amide bonds. The van der Waals surface area contributed by atoms with Crippen molar-refractivity contribution >= 4 is 51.1 Å². The third-order valence-electron chi connectivity index (χ3n) is 3.13. The quantitative estimate of drug-likeness (QED) is 0.558. The maximum Gasteiger partial charge on any atom is 0.216 e. The van der Waals surface area contributed by atoms with Crippen LogP contribution in [-0.2, 0) is 11.2 Å². The van der Waals surface area contributed by atoms with E-state index in [1.807, 2.05) is 24.3 Å². The minimum absolute atomic E-state index is 0.00569. The summed E-state index contributed by atoms with van der Waals surface area (Å²) in [6.07, 6.45) is 0.800. The van der Waals surface area contributed by atoms with Crippen LogP contribution in [0.3, 0.4) is 0 Å². The third kappa shape index (κ3) is 5.52. The second-order valence-corrected chi connectivity index (χ2v) is 7.22. The van der Waals surface area contributed by atoms with Gasteiger partial charge in [-0.05, 0) is 93.6 Å². The molecule has 2 aromatic rings. The van der Waals surface area contributed by atoms with Crippen molar-refractivity contribution in [1.29, 1.82) is 0 Å². The fourth-order valence-corrected chi connectivity index (χ4v) is 4.12. The molecule has 0 unspecified atom stereocenters. The summed E-state index contributed by atoms with van der Waals surface area (Å²) in [6.45, 7) is 2.17. The average molecular weight is 537 g/mol. The van der Waals surface area contributed by atoms with Crippen LogP contribution in [-0.4, -0.2) is 19.6 Å². The molecule has 0 radical (unpaired) electrons. The van der Waals surface area contributed by atoms with E-state index in [1.165, 1.54) is 12.5 Å². The van der Waals surface area contributed by atoms with Crippen LogP contribution < -0.4 is 14.8 Å². The van der Waals surface area contributed by atoms with Crippen molar-refractivity contribution in [3.05, 3.63) is 49.1 Å². The van der Waals surface area contributed by atoms with Crippen LogP contribution in [0, 0.1) is 7.14 Å². The van der Waals surface area contributed by atoms with E-state index in [-0.39, 0.29) is 5.91 Å². The minimum Gasteiger partial charge on any atom is -0.497 e. The largest absolute Gasteiger partial charge is 0.497 e. The molecule has 0 aliphatic carbocycles. The molecule has 2 aromatic carbocycles. The van der Waals surface area contributed by atoms with Crippen molar-refractivity contribution in [1.82, 2.24) is 5.32 Å². The lowest BCUT2D eigenvalue weighted by molar-refractivity contribution is -0.118. The Labute approximate surface area is 163 Å². The lowest BCUT2D eigenvalue weighted by Crippen LogP contribution is -2.22. The van der Waals surface area contributed by atoms with E-state index < -0.39 is 0 Å². The summed E-state index contributed by atoms with van der Waals surface area (Å²) in [5, 5.41) is 2.81. The summed E-state index contributed by atoms with van der Waals surface area (Å²) in [6, 6.07) is 11.7. The van der Waals surface area contributed by atoms with E-state index in [0.29, 0.717) is 6.54 Å². The van der Waals surface area contributed by atoms with Gasteiger partial charge in [-0.15, -0.1) is 0 Å². The first-order valence-electron chi connectivity index (χ1n) is 7.04. The average Bonchev–Trinajstić information content (AvgIpc) is 2.51. The Morgan fingerprint density at radius 3 is 2.17 bits per heavy atom. The maximum absolute atomic E-state index is 10.9. The summed E-state index contributed by atoms with van der Waals surface area (Å²) in [5.74, 6) is 2.41. The first-order valence-corrected chi connectivity index (χ1v) is 9.19. The van der Waals surface area contributed by atoms with Gasteiger partial charge in [0.15, 0.2) is 5.75 Å². The van der Waals surface area contributed by atoms with Crippen LogP contribution in [0.5, 0.6) is 17.2 Å². The predicted octanol–water partition coefficient (Wildman–Crippen LogP) is 4.38. The monoisotopic (exact) mass is 537 g/mol. The lowest BCUT2D eigenvalue weighted by Gasteiger charge is -2.12. The van der Waals surface area contributed by atoms with Crippen molar-refractivity contribution in [2.45, 2.75) is 13.3 Å². The molecule has 122 valence electrons. The molecule has 0 atom stereocenters. The molecule has 1 N–H and O–H groups in total. The number of methoxy groups -OCH3 is 1. The van der Waals surface area contributed by atoms with Gasteiger partial charge in [-0.25, -0.2) is 0 Å². The van der Waals surface area contributed by atoms with Crippen molar-refractivity contribution < 1.29 is 14.3 Å². The van der Waals surface area contributed by atoms with Crippen LogP contribution >= 0.6 is 45.2 Å². The van der Waals surface area contributed by atoms with Gasteiger partial charge < -0.3 is 14.8 Å². The van der Waals surface area contributed by atoms with Gasteiger partial charge in [0.05, 0.1) is 14.3 Å². The smallest absolute Gasteiger partial charge is 0.216 e. The molecule has 0 saturated carbocycles. The highest BCUT2D eigenvalue weighted by molar-refractivity contribution is 14.1. The molecule has 0 aliphatic heterocycles. The number of carbonyl (C=O) groups is 1. The van der Waals surface area contributed by atoms with Crippen LogP contribution in [0.15, 0.2) is 36.4 Å². The molecule has 23 heavy (non-hydrogen) atoms. The van der Waals surface area contributed by atoms with Gasteiger partial charge in [0, 0.05) is 13.5 Å². The summed E-state index contributed by atoms with van der Waals surface area (Å²) in [5.41, 5.74) is 1.18. The number of nitrogens with one attached hydrogen (secondary N) is 1. The molecule has 0 aromatic heterocycles. The standard InChI is InChI=1S/C17H17I2NO3/c1-11(21)20-8-7-12-9-15(18)17(16(19)10-12)23-14-5-3-13(22-2)4-6-14/h3-6,9-10H,7-8H2,1-2H3,(H,20,21). The number of hydrogen-bond acceptors (Lipinski definition) is 3.